The molecular formula is C16H27NO2S. The average molecular weight is 297 g/mol. The van der Waals surface area contributed by atoms with Crippen molar-refractivity contribution in [2.45, 2.75) is 51.8 Å². The normalized spacial score (nSPS) is 13.4. The van der Waals surface area contributed by atoms with Gasteiger partial charge in [0.25, 0.3) is 0 Å². The number of hydrogen-bond acceptors (Lipinski definition) is 3. The zero-order valence-corrected chi connectivity index (χ0v) is 13.9. The topological polar surface area (TPSA) is 46.2 Å². The molecule has 114 valence electrons. The molecule has 0 aliphatic rings. The number of nitrogens with one attached hydrogen (secondary N) is 1. The highest BCUT2D eigenvalue weighted by molar-refractivity contribution is 7.90. The molecule has 0 fully saturated rings. The van der Waals surface area contributed by atoms with E-state index in [0.29, 0.717) is 6.04 Å². The van der Waals surface area contributed by atoms with Crippen LogP contribution in [0.1, 0.15) is 42.9 Å². The Hall–Kier alpha value is -0.870. The monoisotopic (exact) mass is 297 g/mol. The molecule has 0 saturated heterocycles. The zero-order valence-electron chi connectivity index (χ0n) is 13.1. The maximum atomic E-state index is 12.2. The summed E-state index contributed by atoms with van der Waals surface area (Å²) in [4.78, 5) is 0. The fourth-order valence-electron chi connectivity index (χ4n) is 2.58. The fourth-order valence-corrected chi connectivity index (χ4v) is 4.01. The number of sulfone groups is 1. The van der Waals surface area contributed by atoms with Crippen molar-refractivity contribution in [2.24, 2.45) is 0 Å². The summed E-state index contributed by atoms with van der Waals surface area (Å²) in [7, 11) is -1.08. The van der Waals surface area contributed by atoms with Crippen LogP contribution in [0.15, 0.2) is 18.2 Å². The minimum Gasteiger partial charge on any atom is -0.317 e. The Bertz CT molecular complexity index is 499. The van der Waals surface area contributed by atoms with Gasteiger partial charge in [-0.05, 0) is 45.7 Å². The van der Waals surface area contributed by atoms with Gasteiger partial charge in [-0.1, -0.05) is 36.2 Å². The molecule has 0 saturated carbocycles. The van der Waals surface area contributed by atoms with Crippen molar-refractivity contribution in [1.82, 2.24) is 5.32 Å². The highest BCUT2D eigenvalue weighted by Crippen LogP contribution is 2.14. The van der Waals surface area contributed by atoms with Gasteiger partial charge >= 0.3 is 0 Å². The lowest BCUT2D eigenvalue weighted by Crippen LogP contribution is -2.25. The van der Waals surface area contributed by atoms with Crippen LogP contribution in [0, 0.1) is 13.8 Å². The Morgan fingerprint density at radius 2 is 1.75 bits per heavy atom. The highest BCUT2D eigenvalue weighted by atomic mass is 32.2. The maximum Gasteiger partial charge on any atom is 0.154 e. The standard InChI is InChI=1S/C16H27NO2S/c1-5-16(17-4)7-6-8-20(18,19)12-15-10-13(2)9-14(3)11-15/h9-11,16-17H,5-8,12H2,1-4H3. The summed E-state index contributed by atoms with van der Waals surface area (Å²) < 4.78 is 24.3. The minimum atomic E-state index is -3.01. The second kappa shape index (κ2) is 7.79. The molecule has 0 aliphatic heterocycles. The second-order valence-corrected chi connectivity index (χ2v) is 7.81. The van der Waals surface area contributed by atoms with Gasteiger partial charge in [0.2, 0.25) is 0 Å². The van der Waals surface area contributed by atoms with Gasteiger partial charge in [-0.3, -0.25) is 0 Å². The zero-order chi connectivity index (χ0) is 15.2. The molecule has 3 nitrogen and oxygen atoms in total. The number of aryl methyl sites for hydroxylation is 2. The van der Waals surface area contributed by atoms with Crippen LogP contribution in [0.2, 0.25) is 0 Å². The third-order valence-corrected chi connectivity index (χ3v) is 5.26. The van der Waals surface area contributed by atoms with Crippen LogP contribution >= 0.6 is 0 Å². The summed E-state index contributed by atoms with van der Waals surface area (Å²) in [6.07, 6.45) is 2.68. The quantitative estimate of drug-likeness (QED) is 0.802. The summed E-state index contributed by atoms with van der Waals surface area (Å²) >= 11 is 0. The van der Waals surface area contributed by atoms with Crippen LogP contribution in [-0.2, 0) is 15.6 Å². The first-order chi connectivity index (χ1) is 9.36. The minimum absolute atomic E-state index is 0.159. The van der Waals surface area contributed by atoms with E-state index in [2.05, 4.69) is 18.3 Å². The predicted octanol–water partition coefficient (Wildman–Crippen LogP) is 3.00. The van der Waals surface area contributed by atoms with Crippen LogP contribution in [0.3, 0.4) is 0 Å². The second-order valence-electron chi connectivity index (χ2n) is 5.62. The molecule has 0 radical (unpaired) electrons. The maximum absolute atomic E-state index is 12.2. The predicted molar refractivity (Wildman–Crippen MR) is 85.8 cm³/mol. The lowest BCUT2D eigenvalue weighted by Gasteiger charge is -2.13. The number of benzene rings is 1. The molecule has 1 aromatic rings. The van der Waals surface area contributed by atoms with Crippen LogP contribution in [0.25, 0.3) is 0 Å². The highest BCUT2D eigenvalue weighted by Gasteiger charge is 2.13. The largest absolute Gasteiger partial charge is 0.317 e. The van der Waals surface area contributed by atoms with Crippen molar-refractivity contribution in [3.05, 3.63) is 34.9 Å². The first-order valence-corrected chi connectivity index (χ1v) is 9.13. The van der Waals surface area contributed by atoms with Crippen molar-refractivity contribution in [3.63, 3.8) is 0 Å². The van der Waals surface area contributed by atoms with Crippen molar-refractivity contribution in [2.75, 3.05) is 12.8 Å². The summed E-state index contributed by atoms with van der Waals surface area (Å²) in [5, 5.41) is 3.21. The molecule has 0 amide bonds. The lowest BCUT2D eigenvalue weighted by molar-refractivity contribution is 0.500. The number of rotatable bonds is 8. The van der Waals surface area contributed by atoms with Gasteiger partial charge in [0.1, 0.15) is 0 Å². The summed E-state index contributed by atoms with van der Waals surface area (Å²) in [5.74, 6) is 0.435. The van der Waals surface area contributed by atoms with Gasteiger partial charge in [0.15, 0.2) is 9.84 Å². The molecular weight excluding hydrogens is 270 g/mol. The van der Waals surface area contributed by atoms with Crippen LogP contribution in [0.4, 0.5) is 0 Å². The van der Waals surface area contributed by atoms with E-state index in [4.69, 9.17) is 0 Å². The first-order valence-electron chi connectivity index (χ1n) is 7.31. The Kier molecular flexibility index (Phi) is 6.69. The molecule has 0 aromatic heterocycles. The molecule has 1 unspecified atom stereocenters. The van der Waals surface area contributed by atoms with Gasteiger partial charge < -0.3 is 5.32 Å². The molecule has 20 heavy (non-hydrogen) atoms. The lowest BCUT2D eigenvalue weighted by atomic mass is 10.1. The molecule has 0 heterocycles. The Morgan fingerprint density at radius 1 is 1.15 bits per heavy atom. The molecule has 0 aliphatic carbocycles. The van der Waals surface area contributed by atoms with Crippen molar-refractivity contribution in [3.8, 4) is 0 Å². The molecule has 4 heteroatoms. The molecule has 1 rings (SSSR count). The Labute approximate surface area is 123 Å². The molecule has 1 atom stereocenters. The summed E-state index contributed by atoms with van der Waals surface area (Å²) in [6.45, 7) is 6.12. The van der Waals surface area contributed by atoms with Crippen LogP contribution < -0.4 is 5.32 Å². The van der Waals surface area contributed by atoms with Crippen molar-refractivity contribution < 1.29 is 8.42 Å². The molecule has 1 N–H and O–H groups in total. The molecule has 1 aromatic carbocycles. The smallest absolute Gasteiger partial charge is 0.154 e. The van der Waals surface area contributed by atoms with E-state index in [1.165, 1.54) is 0 Å². The SMILES string of the molecule is CCC(CCCS(=O)(=O)Cc1cc(C)cc(C)c1)NC. The first kappa shape index (κ1) is 17.2. The van der Waals surface area contributed by atoms with E-state index in [9.17, 15) is 8.42 Å². The van der Waals surface area contributed by atoms with Crippen LogP contribution in [-0.4, -0.2) is 27.3 Å². The van der Waals surface area contributed by atoms with E-state index < -0.39 is 9.84 Å². The van der Waals surface area contributed by atoms with Crippen LogP contribution in [0.5, 0.6) is 0 Å². The van der Waals surface area contributed by atoms with E-state index in [-0.39, 0.29) is 11.5 Å². The molecule has 0 spiro atoms. The number of hydrogen-bond donors (Lipinski definition) is 1. The molecule has 0 bridgehead atoms. The van der Waals surface area contributed by atoms with E-state index >= 15 is 0 Å². The van der Waals surface area contributed by atoms with E-state index in [1.54, 1.807) is 0 Å². The third kappa shape index (κ3) is 6.06. The third-order valence-electron chi connectivity index (χ3n) is 3.58. The Morgan fingerprint density at radius 3 is 2.25 bits per heavy atom. The summed E-state index contributed by atoms with van der Waals surface area (Å²) in [6, 6.07) is 6.42. The van der Waals surface area contributed by atoms with Gasteiger partial charge in [-0.2, -0.15) is 0 Å². The van der Waals surface area contributed by atoms with E-state index in [1.807, 2.05) is 33.0 Å². The van der Waals surface area contributed by atoms with Gasteiger partial charge in [0, 0.05) is 6.04 Å². The summed E-state index contributed by atoms with van der Waals surface area (Å²) in [5.41, 5.74) is 3.15. The van der Waals surface area contributed by atoms with Crippen molar-refractivity contribution >= 4 is 9.84 Å². The van der Waals surface area contributed by atoms with Gasteiger partial charge in [-0.15, -0.1) is 0 Å². The van der Waals surface area contributed by atoms with Gasteiger partial charge in [0.05, 0.1) is 11.5 Å². The van der Waals surface area contributed by atoms with Gasteiger partial charge in [-0.25, -0.2) is 8.42 Å². The van der Waals surface area contributed by atoms with E-state index in [0.717, 1.165) is 36.0 Å². The van der Waals surface area contributed by atoms with Crippen molar-refractivity contribution in [1.29, 1.82) is 0 Å². The fraction of sp³-hybridized carbons (Fsp3) is 0.625. The Balaban J connectivity index is 2.57. The average Bonchev–Trinajstić information content (AvgIpc) is 2.32.